The van der Waals surface area contributed by atoms with E-state index in [0.29, 0.717) is 4.73 Å². The van der Waals surface area contributed by atoms with Gasteiger partial charge in [0.15, 0.2) is 4.73 Å². The Hall–Kier alpha value is -2.72. The monoisotopic (exact) mass is 374 g/mol. The van der Waals surface area contributed by atoms with E-state index < -0.39 is 0 Å². The van der Waals surface area contributed by atoms with Crippen LogP contribution in [0.4, 0.5) is 0 Å². The van der Waals surface area contributed by atoms with Crippen molar-refractivity contribution in [3.8, 4) is 11.3 Å². The van der Waals surface area contributed by atoms with Gasteiger partial charge >= 0.3 is 0 Å². The number of benzene rings is 3. The molecule has 0 fully saturated rings. The number of nitrogens with zero attached hydrogens (tertiary/aromatic N) is 2. The molecule has 0 amide bonds. The molecule has 0 aliphatic heterocycles. The first kappa shape index (κ1) is 13.7. The molecule has 0 radical (unpaired) electrons. The number of aromatic nitrogens is 2. The van der Waals surface area contributed by atoms with Crippen LogP contribution in [0.3, 0.4) is 0 Å². The SMILES string of the molecule is Brc1nc(-c2ccc3c(c2)oc2ccccc23)c2ccccc2n1. The zero-order chi connectivity index (χ0) is 16.1. The van der Waals surface area contributed by atoms with E-state index in [1.807, 2.05) is 42.5 Å². The highest BCUT2D eigenvalue weighted by Crippen LogP contribution is 2.33. The summed E-state index contributed by atoms with van der Waals surface area (Å²) in [5.41, 5.74) is 4.60. The van der Waals surface area contributed by atoms with Gasteiger partial charge in [0.2, 0.25) is 0 Å². The quantitative estimate of drug-likeness (QED) is 0.340. The van der Waals surface area contributed by atoms with E-state index in [4.69, 9.17) is 4.42 Å². The average molecular weight is 375 g/mol. The summed E-state index contributed by atoms with van der Waals surface area (Å²) >= 11 is 3.41. The molecule has 2 heterocycles. The van der Waals surface area contributed by atoms with Gasteiger partial charge in [-0.15, -0.1) is 0 Å². The van der Waals surface area contributed by atoms with Crippen molar-refractivity contribution in [3.63, 3.8) is 0 Å². The zero-order valence-electron chi connectivity index (χ0n) is 12.5. The first-order chi connectivity index (χ1) is 11.8. The minimum Gasteiger partial charge on any atom is -0.456 e. The molecule has 0 aliphatic rings. The molecule has 4 heteroatoms. The van der Waals surface area contributed by atoms with E-state index in [9.17, 15) is 0 Å². The van der Waals surface area contributed by atoms with Crippen molar-refractivity contribution >= 4 is 48.8 Å². The Morgan fingerprint density at radius 2 is 1.46 bits per heavy atom. The van der Waals surface area contributed by atoms with Crippen LogP contribution in [0.5, 0.6) is 0 Å². The van der Waals surface area contributed by atoms with Gasteiger partial charge in [-0.1, -0.05) is 42.5 Å². The molecular formula is C20H11BrN2O. The predicted octanol–water partition coefficient (Wildman–Crippen LogP) is 5.96. The summed E-state index contributed by atoms with van der Waals surface area (Å²) in [5, 5.41) is 3.27. The Balaban J connectivity index is 1.82. The topological polar surface area (TPSA) is 38.9 Å². The number of halogens is 1. The number of furan rings is 1. The third-order valence-electron chi connectivity index (χ3n) is 4.23. The van der Waals surface area contributed by atoms with Crippen molar-refractivity contribution in [2.24, 2.45) is 0 Å². The maximum absolute atomic E-state index is 6.00. The summed E-state index contributed by atoms with van der Waals surface area (Å²) in [6.45, 7) is 0. The van der Waals surface area contributed by atoms with E-state index in [0.717, 1.165) is 44.1 Å². The summed E-state index contributed by atoms with van der Waals surface area (Å²) in [5.74, 6) is 0. The van der Waals surface area contributed by atoms with E-state index in [1.54, 1.807) is 0 Å². The second-order valence-corrected chi connectivity index (χ2v) is 6.38. The second-order valence-electron chi connectivity index (χ2n) is 5.67. The highest BCUT2D eigenvalue weighted by molar-refractivity contribution is 9.10. The highest BCUT2D eigenvalue weighted by atomic mass is 79.9. The van der Waals surface area contributed by atoms with Crippen LogP contribution in [0.1, 0.15) is 0 Å². The van der Waals surface area contributed by atoms with Crippen molar-refractivity contribution in [1.29, 1.82) is 0 Å². The highest BCUT2D eigenvalue weighted by Gasteiger charge is 2.12. The molecule has 5 aromatic rings. The third kappa shape index (κ3) is 2.03. The summed E-state index contributed by atoms with van der Waals surface area (Å²) in [4.78, 5) is 9.04. The van der Waals surface area contributed by atoms with Gasteiger partial charge in [-0.3, -0.25) is 0 Å². The fraction of sp³-hybridized carbons (Fsp3) is 0. The molecule has 0 unspecified atom stereocenters. The molecule has 0 atom stereocenters. The minimum absolute atomic E-state index is 0.584. The Morgan fingerprint density at radius 1 is 0.708 bits per heavy atom. The van der Waals surface area contributed by atoms with Crippen LogP contribution in [0.15, 0.2) is 75.9 Å². The number of rotatable bonds is 1. The first-order valence-electron chi connectivity index (χ1n) is 7.63. The van der Waals surface area contributed by atoms with Crippen LogP contribution in [-0.4, -0.2) is 9.97 Å². The minimum atomic E-state index is 0.584. The Bertz CT molecular complexity index is 1230. The maximum atomic E-state index is 6.00. The van der Waals surface area contributed by atoms with Crippen molar-refractivity contribution < 1.29 is 4.42 Å². The Morgan fingerprint density at radius 3 is 2.38 bits per heavy atom. The van der Waals surface area contributed by atoms with Gasteiger partial charge in [0.25, 0.3) is 0 Å². The first-order valence-corrected chi connectivity index (χ1v) is 8.43. The van der Waals surface area contributed by atoms with Crippen LogP contribution in [0, 0.1) is 0 Å². The fourth-order valence-electron chi connectivity index (χ4n) is 3.14. The molecule has 3 nitrogen and oxygen atoms in total. The molecule has 0 saturated heterocycles. The standard InChI is InChI=1S/C20H11BrN2O/c21-20-22-16-7-3-1-6-15(16)19(23-20)12-9-10-14-13-5-2-4-8-17(13)24-18(14)11-12/h1-11H. The smallest absolute Gasteiger partial charge is 0.197 e. The lowest BCUT2D eigenvalue weighted by atomic mass is 10.0. The lowest BCUT2D eigenvalue weighted by molar-refractivity contribution is 0.669. The summed E-state index contributed by atoms with van der Waals surface area (Å²) < 4.78 is 6.59. The second kappa shape index (κ2) is 5.14. The molecule has 3 aromatic carbocycles. The normalized spacial score (nSPS) is 11.5. The van der Waals surface area contributed by atoms with Crippen LogP contribution in [0.25, 0.3) is 44.1 Å². The summed E-state index contributed by atoms with van der Waals surface area (Å²) in [6.07, 6.45) is 0. The predicted molar refractivity (Wildman–Crippen MR) is 100.0 cm³/mol. The molecule has 24 heavy (non-hydrogen) atoms. The lowest BCUT2D eigenvalue weighted by Gasteiger charge is -2.06. The molecule has 0 N–H and O–H groups in total. The number of hydrogen-bond acceptors (Lipinski definition) is 3. The van der Waals surface area contributed by atoms with Gasteiger partial charge < -0.3 is 4.42 Å². The van der Waals surface area contributed by atoms with Crippen molar-refractivity contribution in [2.45, 2.75) is 0 Å². The van der Waals surface area contributed by atoms with E-state index >= 15 is 0 Å². The van der Waals surface area contributed by atoms with Gasteiger partial charge in [0.05, 0.1) is 11.2 Å². The number of hydrogen-bond donors (Lipinski definition) is 0. The van der Waals surface area contributed by atoms with Gasteiger partial charge in [0, 0.05) is 21.7 Å². The Labute approximate surface area is 146 Å². The van der Waals surface area contributed by atoms with Gasteiger partial charge in [0.1, 0.15) is 11.2 Å². The largest absolute Gasteiger partial charge is 0.456 e. The van der Waals surface area contributed by atoms with Crippen molar-refractivity contribution in [3.05, 3.63) is 71.5 Å². The molecule has 0 spiro atoms. The maximum Gasteiger partial charge on any atom is 0.197 e. The molecule has 2 aromatic heterocycles. The third-order valence-corrected chi connectivity index (χ3v) is 4.58. The summed E-state index contributed by atoms with van der Waals surface area (Å²) in [7, 11) is 0. The lowest BCUT2D eigenvalue weighted by Crippen LogP contribution is -1.91. The van der Waals surface area contributed by atoms with Crippen LogP contribution in [0.2, 0.25) is 0 Å². The Kier molecular flexibility index (Phi) is 2.94. The molecule has 0 saturated carbocycles. The van der Waals surface area contributed by atoms with E-state index in [-0.39, 0.29) is 0 Å². The number of para-hydroxylation sites is 2. The van der Waals surface area contributed by atoms with Gasteiger partial charge in [-0.05, 0) is 40.2 Å². The van der Waals surface area contributed by atoms with Crippen molar-refractivity contribution in [2.75, 3.05) is 0 Å². The molecule has 114 valence electrons. The fourth-order valence-corrected chi connectivity index (χ4v) is 3.51. The zero-order valence-corrected chi connectivity index (χ0v) is 14.1. The molecule has 5 rings (SSSR count). The van der Waals surface area contributed by atoms with Crippen LogP contribution < -0.4 is 0 Å². The average Bonchev–Trinajstić information content (AvgIpc) is 2.98. The van der Waals surface area contributed by atoms with Gasteiger partial charge in [-0.25, -0.2) is 9.97 Å². The van der Waals surface area contributed by atoms with E-state index in [2.05, 4.69) is 50.2 Å². The van der Waals surface area contributed by atoms with Crippen LogP contribution in [-0.2, 0) is 0 Å². The summed E-state index contributed by atoms with van der Waals surface area (Å²) in [6, 6.07) is 22.3. The van der Waals surface area contributed by atoms with Crippen molar-refractivity contribution in [1.82, 2.24) is 9.97 Å². The molecule has 0 bridgehead atoms. The molecular weight excluding hydrogens is 364 g/mol. The van der Waals surface area contributed by atoms with Gasteiger partial charge in [-0.2, -0.15) is 0 Å². The van der Waals surface area contributed by atoms with E-state index in [1.165, 1.54) is 0 Å². The molecule has 0 aliphatic carbocycles. The van der Waals surface area contributed by atoms with Crippen LogP contribution >= 0.6 is 15.9 Å². The number of fused-ring (bicyclic) bond motifs is 4.